The van der Waals surface area contributed by atoms with Gasteiger partial charge >= 0.3 is 0 Å². The van der Waals surface area contributed by atoms with Gasteiger partial charge in [-0.15, -0.1) is 0 Å². The molecule has 178 valence electrons. The number of carbonyl (C=O) groups is 2. The number of hydrogen-bond donors (Lipinski definition) is 2. The third kappa shape index (κ3) is 6.73. The maximum atomic E-state index is 13.3. The third-order valence-corrected chi connectivity index (χ3v) is 6.99. The van der Waals surface area contributed by atoms with Crippen molar-refractivity contribution in [1.29, 1.82) is 0 Å². The minimum atomic E-state index is -3.77. The fraction of sp³-hybridized carbons (Fsp3) is 0.364. The van der Waals surface area contributed by atoms with Gasteiger partial charge in [-0.25, -0.2) is 17.5 Å². The molecule has 0 saturated carbocycles. The van der Waals surface area contributed by atoms with Crippen LogP contribution in [0.5, 0.6) is 0 Å². The molecular formula is C22H26ClFN4O4S. The molecule has 2 amide bonds. The molecule has 0 unspecified atom stereocenters. The maximum Gasteiger partial charge on any atom is 0.255 e. The average molecular weight is 497 g/mol. The standard InChI is InChI=1S/C22H26ClFN4O4S/c1-15(2)26-33(31,32)18-6-7-20(23)19(13-18)22(30)28-10-8-27(9-11-28)14-21(29)25-17-5-3-4-16(24)12-17/h3-7,12-13,15,26H,8-11,14H2,1-2H3,(H,25,29). The summed E-state index contributed by atoms with van der Waals surface area (Å²) in [6, 6.07) is 9.40. The first kappa shape index (κ1) is 25.1. The number of nitrogens with one attached hydrogen (secondary N) is 2. The molecule has 3 rings (SSSR count). The average Bonchev–Trinajstić information content (AvgIpc) is 2.73. The highest BCUT2D eigenvalue weighted by molar-refractivity contribution is 7.89. The number of hydrogen-bond acceptors (Lipinski definition) is 5. The van der Waals surface area contributed by atoms with E-state index in [1.165, 1.54) is 36.4 Å². The van der Waals surface area contributed by atoms with Crippen molar-refractivity contribution < 1.29 is 22.4 Å². The van der Waals surface area contributed by atoms with Crippen molar-refractivity contribution in [1.82, 2.24) is 14.5 Å². The van der Waals surface area contributed by atoms with Crippen molar-refractivity contribution in [2.45, 2.75) is 24.8 Å². The van der Waals surface area contributed by atoms with Crippen LogP contribution in [0.4, 0.5) is 10.1 Å². The van der Waals surface area contributed by atoms with Gasteiger partial charge in [-0.2, -0.15) is 0 Å². The molecule has 0 atom stereocenters. The number of benzene rings is 2. The van der Waals surface area contributed by atoms with E-state index in [1.807, 2.05) is 4.90 Å². The van der Waals surface area contributed by atoms with Crippen LogP contribution in [0.1, 0.15) is 24.2 Å². The number of amides is 2. The highest BCUT2D eigenvalue weighted by atomic mass is 35.5. The molecule has 8 nitrogen and oxygen atoms in total. The van der Waals surface area contributed by atoms with Crippen LogP contribution in [0, 0.1) is 5.82 Å². The van der Waals surface area contributed by atoms with Crippen LogP contribution in [0.3, 0.4) is 0 Å². The van der Waals surface area contributed by atoms with E-state index in [0.717, 1.165) is 0 Å². The van der Waals surface area contributed by atoms with Crippen LogP contribution < -0.4 is 10.0 Å². The lowest BCUT2D eigenvalue weighted by Crippen LogP contribution is -2.50. The fourth-order valence-corrected chi connectivity index (χ4v) is 4.94. The van der Waals surface area contributed by atoms with Crippen LogP contribution >= 0.6 is 11.6 Å². The Labute approximate surface area is 197 Å². The molecule has 33 heavy (non-hydrogen) atoms. The Kier molecular flexibility index (Phi) is 8.06. The summed E-state index contributed by atoms with van der Waals surface area (Å²) in [4.78, 5) is 28.7. The van der Waals surface area contributed by atoms with Gasteiger partial charge in [0.1, 0.15) is 5.82 Å². The summed E-state index contributed by atoms with van der Waals surface area (Å²) in [5, 5.41) is 2.82. The lowest BCUT2D eigenvalue weighted by molar-refractivity contribution is -0.117. The van der Waals surface area contributed by atoms with Gasteiger partial charge in [0.2, 0.25) is 15.9 Å². The summed E-state index contributed by atoms with van der Waals surface area (Å²) in [7, 11) is -3.77. The Morgan fingerprint density at radius 3 is 2.42 bits per heavy atom. The van der Waals surface area contributed by atoms with Crippen molar-refractivity contribution in [2.24, 2.45) is 0 Å². The molecule has 0 aliphatic carbocycles. The molecule has 1 heterocycles. The van der Waals surface area contributed by atoms with Crippen LogP contribution in [-0.4, -0.2) is 68.8 Å². The zero-order valence-corrected chi connectivity index (χ0v) is 19.9. The molecule has 1 aliphatic heterocycles. The second kappa shape index (κ2) is 10.6. The van der Waals surface area contributed by atoms with Crippen molar-refractivity contribution in [3.63, 3.8) is 0 Å². The van der Waals surface area contributed by atoms with Gasteiger partial charge in [0, 0.05) is 37.9 Å². The molecule has 2 aromatic carbocycles. The summed E-state index contributed by atoms with van der Waals surface area (Å²) >= 11 is 6.20. The van der Waals surface area contributed by atoms with E-state index in [0.29, 0.717) is 31.9 Å². The van der Waals surface area contributed by atoms with Gasteiger partial charge in [0.15, 0.2) is 0 Å². The zero-order chi connectivity index (χ0) is 24.2. The molecule has 0 bridgehead atoms. The van der Waals surface area contributed by atoms with Crippen LogP contribution in [-0.2, 0) is 14.8 Å². The smallest absolute Gasteiger partial charge is 0.255 e. The first-order chi connectivity index (χ1) is 15.5. The molecule has 0 aromatic heterocycles. The van der Waals surface area contributed by atoms with Crippen molar-refractivity contribution >= 4 is 39.1 Å². The Morgan fingerprint density at radius 2 is 1.79 bits per heavy atom. The molecule has 1 fully saturated rings. The summed E-state index contributed by atoms with van der Waals surface area (Å²) in [6.07, 6.45) is 0. The Balaban J connectivity index is 1.60. The summed E-state index contributed by atoms with van der Waals surface area (Å²) in [6.45, 7) is 5.12. The van der Waals surface area contributed by atoms with Crippen molar-refractivity contribution in [3.05, 3.63) is 58.9 Å². The predicted octanol–water partition coefficient (Wildman–Crippen LogP) is 2.56. The lowest BCUT2D eigenvalue weighted by Gasteiger charge is -2.34. The molecule has 0 radical (unpaired) electrons. The van der Waals surface area contributed by atoms with Gasteiger partial charge < -0.3 is 10.2 Å². The summed E-state index contributed by atoms with van der Waals surface area (Å²) in [5.41, 5.74) is 0.492. The van der Waals surface area contributed by atoms with Crippen molar-refractivity contribution in [2.75, 3.05) is 38.0 Å². The normalized spacial score (nSPS) is 15.0. The number of halogens is 2. The quantitative estimate of drug-likeness (QED) is 0.614. The minimum Gasteiger partial charge on any atom is -0.336 e. The van der Waals surface area contributed by atoms with Gasteiger partial charge in [-0.1, -0.05) is 17.7 Å². The highest BCUT2D eigenvalue weighted by Crippen LogP contribution is 2.23. The Morgan fingerprint density at radius 1 is 1.09 bits per heavy atom. The maximum absolute atomic E-state index is 13.3. The number of piperazine rings is 1. The number of anilines is 1. The van der Waals surface area contributed by atoms with Crippen LogP contribution in [0.15, 0.2) is 47.4 Å². The first-order valence-corrected chi connectivity index (χ1v) is 12.3. The van der Waals surface area contributed by atoms with Crippen LogP contribution in [0.2, 0.25) is 5.02 Å². The monoisotopic (exact) mass is 496 g/mol. The van der Waals surface area contributed by atoms with E-state index in [1.54, 1.807) is 24.8 Å². The molecule has 1 saturated heterocycles. The summed E-state index contributed by atoms with van der Waals surface area (Å²) < 4.78 is 40.7. The van der Waals surface area contributed by atoms with Gasteiger partial charge in [-0.3, -0.25) is 14.5 Å². The van der Waals surface area contributed by atoms with E-state index >= 15 is 0 Å². The van der Waals surface area contributed by atoms with Crippen LogP contribution in [0.25, 0.3) is 0 Å². The number of nitrogens with zero attached hydrogens (tertiary/aromatic N) is 2. The minimum absolute atomic E-state index is 0.0309. The number of sulfonamides is 1. The van der Waals surface area contributed by atoms with E-state index in [9.17, 15) is 22.4 Å². The second-order valence-electron chi connectivity index (χ2n) is 8.04. The topological polar surface area (TPSA) is 98.8 Å². The van der Waals surface area contributed by atoms with E-state index in [-0.39, 0.29) is 39.9 Å². The van der Waals surface area contributed by atoms with E-state index in [2.05, 4.69) is 10.0 Å². The highest BCUT2D eigenvalue weighted by Gasteiger charge is 2.26. The Bertz CT molecular complexity index is 1130. The SMILES string of the molecule is CC(C)NS(=O)(=O)c1ccc(Cl)c(C(=O)N2CCN(CC(=O)Nc3cccc(F)c3)CC2)c1. The molecule has 0 spiro atoms. The first-order valence-electron chi connectivity index (χ1n) is 10.4. The van der Waals surface area contributed by atoms with Gasteiger partial charge in [-0.05, 0) is 50.2 Å². The third-order valence-electron chi connectivity index (χ3n) is 5.00. The van der Waals surface area contributed by atoms with Crippen molar-refractivity contribution in [3.8, 4) is 0 Å². The van der Waals surface area contributed by atoms with Gasteiger partial charge in [0.25, 0.3) is 5.91 Å². The second-order valence-corrected chi connectivity index (χ2v) is 10.2. The molecule has 1 aliphatic rings. The number of carbonyl (C=O) groups excluding carboxylic acids is 2. The molecular weight excluding hydrogens is 471 g/mol. The molecule has 2 N–H and O–H groups in total. The molecule has 11 heteroatoms. The Hall–Kier alpha value is -2.53. The number of rotatable bonds is 7. The van der Waals surface area contributed by atoms with E-state index < -0.39 is 15.8 Å². The summed E-state index contributed by atoms with van der Waals surface area (Å²) in [5.74, 6) is -1.08. The molecule has 2 aromatic rings. The predicted molar refractivity (Wildman–Crippen MR) is 124 cm³/mol. The fourth-order valence-electron chi connectivity index (χ4n) is 3.46. The lowest BCUT2D eigenvalue weighted by atomic mass is 10.1. The zero-order valence-electron chi connectivity index (χ0n) is 18.3. The largest absolute Gasteiger partial charge is 0.336 e. The van der Waals surface area contributed by atoms with E-state index in [4.69, 9.17) is 11.6 Å². The van der Waals surface area contributed by atoms with Gasteiger partial charge in [0.05, 0.1) is 22.0 Å².